The Balaban J connectivity index is 2.53. The predicted octanol–water partition coefficient (Wildman–Crippen LogP) is 3.17. The van der Waals surface area contributed by atoms with E-state index in [-0.39, 0.29) is 0 Å². The molecule has 0 atom stereocenters. The summed E-state index contributed by atoms with van der Waals surface area (Å²) in [5.74, 6) is 0.859. The SMILES string of the molecule is CNc1nc2ccccc2nc1SC(C)C. The lowest BCUT2D eigenvalue weighted by Crippen LogP contribution is -2.00. The van der Waals surface area contributed by atoms with Crippen LogP contribution >= 0.6 is 11.8 Å². The molecule has 2 rings (SSSR count). The second-order valence-electron chi connectivity index (χ2n) is 3.78. The molecule has 0 saturated heterocycles. The Morgan fingerprint density at radius 1 is 1.12 bits per heavy atom. The van der Waals surface area contributed by atoms with E-state index in [1.54, 1.807) is 11.8 Å². The molecule has 0 amide bonds. The van der Waals surface area contributed by atoms with Crippen LogP contribution < -0.4 is 5.32 Å². The summed E-state index contributed by atoms with van der Waals surface area (Å²) in [5, 5.41) is 4.57. The Labute approximate surface area is 99.7 Å². The molecule has 2 aromatic rings. The summed E-state index contributed by atoms with van der Waals surface area (Å²) in [7, 11) is 1.88. The molecule has 1 heterocycles. The Bertz CT molecular complexity index is 497. The Kier molecular flexibility index (Phi) is 3.29. The molecule has 3 nitrogen and oxygen atoms in total. The molecule has 0 unspecified atom stereocenters. The lowest BCUT2D eigenvalue weighted by molar-refractivity contribution is 1.07. The first-order chi connectivity index (χ1) is 7.70. The van der Waals surface area contributed by atoms with Crippen LogP contribution in [0.15, 0.2) is 29.3 Å². The number of hydrogen-bond donors (Lipinski definition) is 1. The standard InChI is InChI=1S/C12H15N3S/c1-8(2)16-12-11(13-3)14-9-6-4-5-7-10(9)15-12/h4-8H,1-3H3,(H,13,14). The second kappa shape index (κ2) is 4.70. The van der Waals surface area contributed by atoms with Gasteiger partial charge in [0.2, 0.25) is 0 Å². The van der Waals surface area contributed by atoms with Crippen LogP contribution in [-0.2, 0) is 0 Å². The maximum atomic E-state index is 4.62. The molecule has 0 radical (unpaired) electrons. The Hall–Kier alpha value is -1.29. The third-order valence-corrected chi connectivity index (χ3v) is 3.10. The van der Waals surface area contributed by atoms with E-state index in [0.29, 0.717) is 5.25 Å². The molecule has 0 saturated carbocycles. The lowest BCUT2D eigenvalue weighted by Gasteiger charge is -2.10. The third kappa shape index (κ3) is 2.27. The Morgan fingerprint density at radius 3 is 2.31 bits per heavy atom. The van der Waals surface area contributed by atoms with Gasteiger partial charge in [-0.15, -0.1) is 0 Å². The van der Waals surface area contributed by atoms with Gasteiger partial charge in [0, 0.05) is 12.3 Å². The molecule has 0 aliphatic rings. The van der Waals surface area contributed by atoms with Gasteiger partial charge in [0.15, 0.2) is 5.82 Å². The van der Waals surface area contributed by atoms with E-state index in [2.05, 4.69) is 29.1 Å². The van der Waals surface area contributed by atoms with Crippen molar-refractivity contribution in [3.8, 4) is 0 Å². The topological polar surface area (TPSA) is 37.8 Å². The van der Waals surface area contributed by atoms with E-state index in [9.17, 15) is 0 Å². The van der Waals surface area contributed by atoms with Crippen molar-refractivity contribution in [3.05, 3.63) is 24.3 Å². The minimum Gasteiger partial charge on any atom is -0.371 e. The van der Waals surface area contributed by atoms with Gasteiger partial charge in [0.05, 0.1) is 11.0 Å². The minimum absolute atomic E-state index is 0.502. The molecule has 0 fully saturated rings. The molecule has 0 spiro atoms. The van der Waals surface area contributed by atoms with Crippen LogP contribution in [-0.4, -0.2) is 22.3 Å². The zero-order chi connectivity index (χ0) is 11.5. The largest absolute Gasteiger partial charge is 0.371 e. The number of fused-ring (bicyclic) bond motifs is 1. The highest BCUT2D eigenvalue weighted by Gasteiger charge is 2.09. The number of aromatic nitrogens is 2. The summed E-state index contributed by atoms with van der Waals surface area (Å²) in [6, 6.07) is 7.94. The van der Waals surface area contributed by atoms with Gasteiger partial charge >= 0.3 is 0 Å². The number of benzene rings is 1. The lowest BCUT2D eigenvalue weighted by atomic mass is 10.3. The van der Waals surface area contributed by atoms with Gasteiger partial charge in [-0.2, -0.15) is 0 Å². The fourth-order valence-corrected chi connectivity index (χ4v) is 2.31. The number of thioether (sulfide) groups is 1. The van der Waals surface area contributed by atoms with Crippen molar-refractivity contribution in [1.82, 2.24) is 9.97 Å². The van der Waals surface area contributed by atoms with Crippen LogP contribution in [0.1, 0.15) is 13.8 Å². The van der Waals surface area contributed by atoms with Gasteiger partial charge in [-0.05, 0) is 12.1 Å². The van der Waals surface area contributed by atoms with Crippen molar-refractivity contribution in [2.75, 3.05) is 12.4 Å². The van der Waals surface area contributed by atoms with E-state index in [4.69, 9.17) is 0 Å². The quantitative estimate of drug-likeness (QED) is 0.826. The van der Waals surface area contributed by atoms with Crippen LogP contribution in [0.2, 0.25) is 0 Å². The predicted molar refractivity (Wildman–Crippen MR) is 70.1 cm³/mol. The number of rotatable bonds is 3. The van der Waals surface area contributed by atoms with Crippen molar-refractivity contribution < 1.29 is 0 Å². The molecular formula is C12H15N3S. The first-order valence-electron chi connectivity index (χ1n) is 5.32. The van der Waals surface area contributed by atoms with Gasteiger partial charge in [0.25, 0.3) is 0 Å². The summed E-state index contributed by atoms with van der Waals surface area (Å²) in [5.41, 5.74) is 1.88. The van der Waals surface area contributed by atoms with Crippen molar-refractivity contribution in [2.45, 2.75) is 24.1 Å². The van der Waals surface area contributed by atoms with Gasteiger partial charge in [0.1, 0.15) is 5.03 Å². The van der Waals surface area contributed by atoms with Gasteiger partial charge in [-0.25, -0.2) is 9.97 Å². The smallest absolute Gasteiger partial charge is 0.159 e. The van der Waals surface area contributed by atoms with Crippen molar-refractivity contribution >= 4 is 28.6 Å². The minimum atomic E-state index is 0.502. The van der Waals surface area contributed by atoms with E-state index >= 15 is 0 Å². The maximum Gasteiger partial charge on any atom is 0.159 e. The molecule has 1 aromatic heterocycles. The van der Waals surface area contributed by atoms with E-state index < -0.39 is 0 Å². The highest BCUT2D eigenvalue weighted by molar-refractivity contribution is 7.99. The normalized spacial score (nSPS) is 11.0. The molecule has 4 heteroatoms. The van der Waals surface area contributed by atoms with Crippen molar-refractivity contribution in [1.29, 1.82) is 0 Å². The number of para-hydroxylation sites is 2. The molecule has 16 heavy (non-hydrogen) atoms. The summed E-state index contributed by atoms with van der Waals surface area (Å²) < 4.78 is 0. The average molecular weight is 233 g/mol. The summed E-state index contributed by atoms with van der Waals surface area (Å²) in [6.07, 6.45) is 0. The zero-order valence-electron chi connectivity index (χ0n) is 9.69. The van der Waals surface area contributed by atoms with Crippen LogP contribution in [0, 0.1) is 0 Å². The van der Waals surface area contributed by atoms with Crippen molar-refractivity contribution in [3.63, 3.8) is 0 Å². The molecule has 1 aromatic carbocycles. The highest BCUT2D eigenvalue weighted by Crippen LogP contribution is 2.28. The van der Waals surface area contributed by atoms with E-state index in [1.165, 1.54) is 0 Å². The highest BCUT2D eigenvalue weighted by atomic mass is 32.2. The maximum absolute atomic E-state index is 4.62. The van der Waals surface area contributed by atoms with Crippen LogP contribution in [0.4, 0.5) is 5.82 Å². The van der Waals surface area contributed by atoms with Gasteiger partial charge in [-0.1, -0.05) is 37.7 Å². The summed E-state index contributed by atoms with van der Waals surface area (Å²) in [4.78, 5) is 9.18. The fourth-order valence-electron chi connectivity index (χ4n) is 1.45. The summed E-state index contributed by atoms with van der Waals surface area (Å²) >= 11 is 1.73. The zero-order valence-corrected chi connectivity index (χ0v) is 10.5. The molecular weight excluding hydrogens is 218 g/mol. The van der Waals surface area contributed by atoms with E-state index in [0.717, 1.165) is 21.9 Å². The monoisotopic (exact) mass is 233 g/mol. The van der Waals surface area contributed by atoms with Gasteiger partial charge in [-0.3, -0.25) is 0 Å². The van der Waals surface area contributed by atoms with Crippen LogP contribution in [0.3, 0.4) is 0 Å². The number of nitrogens with one attached hydrogen (secondary N) is 1. The second-order valence-corrected chi connectivity index (χ2v) is 5.35. The number of hydrogen-bond acceptors (Lipinski definition) is 4. The molecule has 0 bridgehead atoms. The molecule has 84 valence electrons. The van der Waals surface area contributed by atoms with Crippen LogP contribution in [0.25, 0.3) is 11.0 Å². The van der Waals surface area contributed by atoms with Gasteiger partial charge < -0.3 is 5.32 Å². The summed E-state index contributed by atoms with van der Waals surface area (Å²) in [6.45, 7) is 4.31. The van der Waals surface area contributed by atoms with Crippen molar-refractivity contribution in [2.24, 2.45) is 0 Å². The fraction of sp³-hybridized carbons (Fsp3) is 0.333. The van der Waals surface area contributed by atoms with Crippen LogP contribution in [0.5, 0.6) is 0 Å². The molecule has 1 N–H and O–H groups in total. The van der Waals surface area contributed by atoms with E-state index in [1.807, 2.05) is 31.3 Å². The molecule has 0 aliphatic carbocycles. The number of anilines is 1. The average Bonchev–Trinajstić information content (AvgIpc) is 2.27. The first-order valence-corrected chi connectivity index (χ1v) is 6.20. The number of nitrogens with zero attached hydrogens (tertiary/aromatic N) is 2. The first kappa shape index (κ1) is 11.2. The third-order valence-electron chi connectivity index (χ3n) is 2.12. The molecule has 0 aliphatic heterocycles. The Morgan fingerprint density at radius 2 is 1.75 bits per heavy atom.